The van der Waals surface area contributed by atoms with Crippen LogP contribution in [0.1, 0.15) is 25.8 Å². The smallest absolute Gasteiger partial charge is 0.326 e. The van der Waals surface area contributed by atoms with Crippen LogP contribution in [0.25, 0.3) is 6.08 Å². The Balaban J connectivity index is 2.06. The molecule has 2 atom stereocenters. The molecule has 1 saturated heterocycles. The normalized spacial score (nSPS) is 18.1. The van der Waals surface area contributed by atoms with Gasteiger partial charge in [0.2, 0.25) is 5.91 Å². The molecule has 2 N–H and O–H groups in total. The van der Waals surface area contributed by atoms with Gasteiger partial charge >= 0.3 is 5.97 Å². The zero-order valence-electron chi connectivity index (χ0n) is 14.5. The van der Waals surface area contributed by atoms with E-state index in [2.05, 4.69) is 5.32 Å². The van der Waals surface area contributed by atoms with E-state index < -0.39 is 17.9 Å². The maximum Gasteiger partial charge on any atom is 0.326 e. The Morgan fingerprint density at radius 2 is 2.00 bits per heavy atom. The van der Waals surface area contributed by atoms with Crippen molar-refractivity contribution in [1.82, 2.24) is 10.2 Å². The van der Waals surface area contributed by atoms with Gasteiger partial charge < -0.3 is 10.4 Å². The van der Waals surface area contributed by atoms with Crippen LogP contribution in [0.4, 0.5) is 0 Å². The second kappa shape index (κ2) is 8.95. The summed E-state index contributed by atoms with van der Waals surface area (Å²) in [5.74, 6) is -2.22. The summed E-state index contributed by atoms with van der Waals surface area (Å²) in [5, 5.41) is 11.7. The van der Waals surface area contributed by atoms with Gasteiger partial charge in [-0.25, -0.2) is 4.79 Å². The van der Waals surface area contributed by atoms with E-state index in [0.29, 0.717) is 11.3 Å². The van der Waals surface area contributed by atoms with Crippen molar-refractivity contribution < 1.29 is 19.5 Å². The molecule has 0 unspecified atom stereocenters. The molecule has 0 aromatic heterocycles. The summed E-state index contributed by atoms with van der Waals surface area (Å²) >= 11 is 6.33. The number of amides is 2. The van der Waals surface area contributed by atoms with Gasteiger partial charge in [0, 0.05) is 0 Å². The Hall–Kier alpha value is -2.19. The summed E-state index contributed by atoms with van der Waals surface area (Å²) in [6.07, 6.45) is 2.33. The lowest BCUT2D eigenvalue weighted by atomic mass is 9.99. The highest BCUT2D eigenvalue weighted by molar-refractivity contribution is 8.26. The number of carboxylic acids is 1. The number of aliphatic carboxylic acids is 1. The van der Waals surface area contributed by atoms with Crippen LogP contribution in [0.15, 0.2) is 35.2 Å². The van der Waals surface area contributed by atoms with E-state index in [0.717, 1.165) is 17.3 Å². The van der Waals surface area contributed by atoms with Crippen molar-refractivity contribution >= 4 is 52.2 Å². The Morgan fingerprint density at radius 1 is 1.35 bits per heavy atom. The number of benzene rings is 1. The van der Waals surface area contributed by atoms with Gasteiger partial charge in [-0.15, -0.1) is 0 Å². The average Bonchev–Trinajstić information content (AvgIpc) is 2.87. The van der Waals surface area contributed by atoms with E-state index in [1.54, 1.807) is 13.0 Å². The number of carbonyl (C=O) groups excluding carboxylic acids is 2. The molecule has 0 bridgehead atoms. The number of nitrogens with one attached hydrogen (secondary N) is 1. The molecule has 2 rings (SSSR count). The molecule has 1 heterocycles. The number of thioether (sulfide) groups is 1. The first-order valence-corrected chi connectivity index (χ1v) is 9.38. The van der Waals surface area contributed by atoms with Gasteiger partial charge in [0.15, 0.2) is 0 Å². The topological polar surface area (TPSA) is 86.7 Å². The first kappa shape index (κ1) is 20.1. The van der Waals surface area contributed by atoms with Gasteiger partial charge in [0.25, 0.3) is 5.91 Å². The third-order valence-corrected chi connectivity index (χ3v) is 5.45. The number of hydrogen-bond acceptors (Lipinski definition) is 5. The third kappa shape index (κ3) is 4.92. The molecule has 1 aliphatic heterocycles. The molecule has 8 heteroatoms. The van der Waals surface area contributed by atoms with Gasteiger partial charge in [-0.05, 0) is 17.6 Å². The Bertz CT molecular complexity index is 749. The lowest BCUT2D eigenvalue weighted by molar-refractivity contribution is -0.143. The van der Waals surface area contributed by atoms with Crippen molar-refractivity contribution in [3.63, 3.8) is 0 Å². The quantitative estimate of drug-likeness (QED) is 0.548. The highest BCUT2D eigenvalue weighted by Crippen LogP contribution is 2.32. The lowest BCUT2D eigenvalue weighted by Gasteiger charge is -2.21. The molecular weight excluding hydrogens is 372 g/mol. The highest BCUT2D eigenvalue weighted by atomic mass is 32.2. The SMILES string of the molecule is CC[C@H](C)[C@H](NC(=O)CN1C(=O)/C(=C/c2ccccc2)SC1=S)C(=O)O. The Morgan fingerprint density at radius 3 is 2.58 bits per heavy atom. The van der Waals surface area contributed by atoms with E-state index in [1.807, 2.05) is 37.3 Å². The van der Waals surface area contributed by atoms with E-state index in [9.17, 15) is 19.5 Å². The molecule has 0 spiro atoms. The summed E-state index contributed by atoms with van der Waals surface area (Å²) in [6.45, 7) is 3.31. The molecule has 0 saturated carbocycles. The minimum Gasteiger partial charge on any atom is -0.480 e. The molecule has 2 amide bonds. The molecule has 6 nitrogen and oxygen atoms in total. The molecule has 1 aliphatic rings. The summed E-state index contributed by atoms with van der Waals surface area (Å²) in [6, 6.07) is 8.34. The van der Waals surface area contributed by atoms with Crippen LogP contribution in [0, 0.1) is 5.92 Å². The summed E-state index contributed by atoms with van der Waals surface area (Å²) in [4.78, 5) is 37.7. The number of nitrogens with zero attached hydrogens (tertiary/aromatic N) is 1. The van der Waals surface area contributed by atoms with Gasteiger partial charge in [0.05, 0.1) is 4.91 Å². The first-order chi connectivity index (χ1) is 12.3. The minimum absolute atomic E-state index is 0.222. The largest absolute Gasteiger partial charge is 0.480 e. The molecule has 0 aliphatic carbocycles. The van der Waals surface area contributed by atoms with Crippen molar-refractivity contribution in [1.29, 1.82) is 0 Å². The van der Waals surface area contributed by atoms with Crippen LogP contribution in [-0.2, 0) is 14.4 Å². The van der Waals surface area contributed by atoms with E-state index in [1.165, 1.54) is 4.90 Å². The Labute approximate surface area is 161 Å². The van der Waals surface area contributed by atoms with Crippen molar-refractivity contribution in [2.75, 3.05) is 6.54 Å². The summed E-state index contributed by atoms with van der Waals surface area (Å²) in [7, 11) is 0. The van der Waals surface area contributed by atoms with Crippen LogP contribution >= 0.6 is 24.0 Å². The fourth-order valence-corrected chi connectivity index (χ4v) is 3.64. The zero-order valence-corrected chi connectivity index (χ0v) is 16.1. The number of rotatable bonds is 7. The second-order valence-corrected chi connectivity index (χ2v) is 7.62. The van der Waals surface area contributed by atoms with Crippen LogP contribution in [0.5, 0.6) is 0 Å². The van der Waals surface area contributed by atoms with E-state index >= 15 is 0 Å². The monoisotopic (exact) mass is 392 g/mol. The number of carbonyl (C=O) groups is 3. The fourth-order valence-electron chi connectivity index (χ4n) is 2.38. The van der Waals surface area contributed by atoms with Crippen molar-refractivity contribution in [3.8, 4) is 0 Å². The maximum atomic E-state index is 12.5. The molecule has 26 heavy (non-hydrogen) atoms. The summed E-state index contributed by atoms with van der Waals surface area (Å²) in [5.41, 5.74) is 0.861. The first-order valence-electron chi connectivity index (χ1n) is 8.16. The Kier molecular flexibility index (Phi) is 6.93. The lowest BCUT2D eigenvalue weighted by Crippen LogP contribution is -2.49. The number of thiocarbonyl (C=S) groups is 1. The van der Waals surface area contributed by atoms with Crippen LogP contribution < -0.4 is 5.32 Å². The van der Waals surface area contributed by atoms with E-state index in [4.69, 9.17) is 12.2 Å². The maximum absolute atomic E-state index is 12.5. The molecule has 1 aromatic rings. The molecule has 1 aromatic carbocycles. The van der Waals surface area contributed by atoms with E-state index in [-0.39, 0.29) is 22.7 Å². The predicted octanol–water partition coefficient (Wildman–Crippen LogP) is 2.50. The zero-order chi connectivity index (χ0) is 19.3. The van der Waals surface area contributed by atoms with Gasteiger partial charge in [-0.2, -0.15) is 0 Å². The number of hydrogen-bond donors (Lipinski definition) is 2. The molecule has 0 radical (unpaired) electrons. The van der Waals surface area contributed by atoms with Crippen molar-refractivity contribution in [2.24, 2.45) is 5.92 Å². The van der Waals surface area contributed by atoms with Crippen LogP contribution in [0.2, 0.25) is 0 Å². The van der Waals surface area contributed by atoms with Crippen LogP contribution in [0.3, 0.4) is 0 Å². The number of carboxylic acid groups (broad SMARTS) is 1. The van der Waals surface area contributed by atoms with Gasteiger partial charge in [0.1, 0.15) is 16.9 Å². The van der Waals surface area contributed by atoms with Gasteiger partial charge in [-0.3, -0.25) is 14.5 Å². The third-order valence-electron chi connectivity index (χ3n) is 4.07. The minimum atomic E-state index is -1.10. The average molecular weight is 393 g/mol. The predicted molar refractivity (Wildman–Crippen MR) is 105 cm³/mol. The standard InChI is InChI=1S/C18H20N2O4S2/c1-3-11(2)15(17(23)24)19-14(21)10-20-16(22)13(26-18(20)25)9-12-7-5-4-6-8-12/h4-9,11,15H,3,10H2,1-2H3,(H,19,21)(H,23,24)/b13-9-/t11-,15-/m0/s1. The van der Waals surface area contributed by atoms with Crippen LogP contribution in [-0.4, -0.2) is 44.7 Å². The van der Waals surface area contributed by atoms with Crippen molar-refractivity contribution in [3.05, 3.63) is 40.8 Å². The summed E-state index contributed by atoms with van der Waals surface area (Å²) < 4.78 is 0.280. The molecule has 138 valence electrons. The second-order valence-electron chi connectivity index (χ2n) is 5.95. The van der Waals surface area contributed by atoms with Crippen molar-refractivity contribution in [2.45, 2.75) is 26.3 Å². The molecule has 1 fully saturated rings. The highest BCUT2D eigenvalue weighted by Gasteiger charge is 2.34. The molecular formula is C18H20N2O4S2. The van der Waals surface area contributed by atoms with Gasteiger partial charge in [-0.1, -0.05) is 74.6 Å². The fraction of sp³-hybridized carbons (Fsp3) is 0.333.